The van der Waals surface area contributed by atoms with Crippen LogP contribution in [0.15, 0.2) is 18.2 Å². The fraction of sp³-hybridized carbons (Fsp3) is 0.611. The number of aliphatic hydroxyl groups is 1. The fourth-order valence-electron chi connectivity index (χ4n) is 3.41. The predicted molar refractivity (Wildman–Crippen MR) is 84.5 cm³/mol. The second kappa shape index (κ2) is 7.57. The molecule has 2 unspecified atom stereocenters. The van der Waals surface area contributed by atoms with Gasteiger partial charge in [-0.3, -0.25) is 4.79 Å². The maximum Gasteiger partial charge on any atom is 0.226 e. The minimum atomic E-state index is -0.594. The van der Waals surface area contributed by atoms with Crippen molar-refractivity contribution in [2.45, 2.75) is 37.7 Å². The van der Waals surface area contributed by atoms with E-state index in [9.17, 15) is 13.6 Å². The average molecular weight is 339 g/mol. The molecule has 0 bridgehead atoms. The standard InChI is InChI=1S/C18H23F2NO3/c19-12-2-3-14(17(20)10-12)15-11-16(15)18(23)21-6-4-13(5-7-21)24-9-1-8-22/h2-3,10,13,15-16,22H,1,4-9,11H2. The highest BCUT2D eigenvalue weighted by Gasteiger charge is 2.47. The molecule has 1 aromatic rings. The average Bonchev–Trinajstić information content (AvgIpc) is 3.35. The number of ether oxygens (including phenoxy) is 1. The quantitative estimate of drug-likeness (QED) is 0.810. The highest BCUT2D eigenvalue weighted by Crippen LogP contribution is 2.49. The third kappa shape index (κ3) is 3.92. The Kier molecular flexibility index (Phi) is 5.46. The molecular weight excluding hydrogens is 316 g/mol. The first-order valence-electron chi connectivity index (χ1n) is 8.56. The molecule has 1 aromatic carbocycles. The minimum absolute atomic E-state index is 0.0672. The van der Waals surface area contributed by atoms with Gasteiger partial charge in [-0.05, 0) is 43.2 Å². The van der Waals surface area contributed by atoms with Crippen molar-refractivity contribution in [1.29, 1.82) is 0 Å². The maximum atomic E-state index is 13.8. The molecular formula is C18H23F2NO3. The molecule has 1 saturated carbocycles. The Morgan fingerprint density at radius 2 is 2.04 bits per heavy atom. The predicted octanol–water partition coefficient (Wildman–Crippen LogP) is 2.46. The molecule has 0 aromatic heterocycles. The van der Waals surface area contributed by atoms with Gasteiger partial charge in [-0.25, -0.2) is 8.78 Å². The lowest BCUT2D eigenvalue weighted by atomic mass is 10.1. The molecule has 2 atom stereocenters. The number of carbonyl (C=O) groups is 1. The van der Waals surface area contributed by atoms with Crippen molar-refractivity contribution in [2.24, 2.45) is 5.92 Å². The van der Waals surface area contributed by atoms with Crippen molar-refractivity contribution in [3.05, 3.63) is 35.4 Å². The maximum absolute atomic E-state index is 13.8. The van der Waals surface area contributed by atoms with Crippen molar-refractivity contribution in [3.63, 3.8) is 0 Å². The van der Waals surface area contributed by atoms with Gasteiger partial charge in [0, 0.05) is 38.3 Å². The van der Waals surface area contributed by atoms with Gasteiger partial charge >= 0.3 is 0 Å². The molecule has 1 amide bonds. The van der Waals surface area contributed by atoms with Crippen LogP contribution in [0.3, 0.4) is 0 Å². The van der Waals surface area contributed by atoms with E-state index in [1.54, 1.807) is 0 Å². The van der Waals surface area contributed by atoms with E-state index in [0.29, 0.717) is 38.1 Å². The highest BCUT2D eigenvalue weighted by molar-refractivity contribution is 5.83. The number of carbonyl (C=O) groups excluding carboxylic acids is 1. The number of amides is 1. The van der Waals surface area contributed by atoms with Gasteiger partial charge < -0.3 is 14.7 Å². The molecule has 0 radical (unpaired) electrons. The summed E-state index contributed by atoms with van der Waals surface area (Å²) in [6, 6.07) is 3.57. The lowest BCUT2D eigenvalue weighted by Gasteiger charge is -2.32. The molecule has 1 aliphatic carbocycles. The van der Waals surface area contributed by atoms with Gasteiger partial charge in [0.05, 0.1) is 6.10 Å². The van der Waals surface area contributed by atoms with Gasteiger partial charge in [-0.15, -0.1) is 0 Å². The topological polar surface area (TPSA) is 49.8 Å². The largest absolute Gasteiger partial charge is 0.396 e. The van der Waals surface area contributed by atoms with Crippen molar-refractivity contribution < 1.29 is 23.4 Å². The Morgan fingerprint density at radius 3 is 2.71 bits per heavy atom. The number of aliphatic hydroxyl groups excluding tert-OH is 1. The van der Waals surface area contributed by atoms with E-state index < -0.39 is 11.6 Å². The van der Waals surface area contributed by atoms with Gasteiger partial charge in [-0.2, -0.15) is 0 Å². The van der Waals surface area contributed by atoms with Crippen LogP contribution in [0, 0.1) is 17.6 Å². The summed E-state index contributed by atoms with van der Waals surface area (Å²) in [7, 11) is 0. The van der Waals surface area contributed by atoms with Gasteiger partial charge in [-0.1, -0.05) is 6.07 Å². The van der Waals surface area contributed by atoms with Crippen LogP contribution in [0.25, 0.3) is 0 Å². The van der Waals surface area contributed by atoms with E-state index in [4.69, 9.17) is 9.84 Å². The zero-order valence-electron chi connectivity index (χ0n) is 13.6. The molecule has 1 heterocycles. The molecule has 2 aliphatic rings. The smallest absolute Gasteiger partial charge is 0.226 e. The first-order chi connectivity index (χ1) is 11.6. The minimum Gasteiger partial charge on any atom is -0.396 e. The summed E-state index contributed by atoms with van der Waals surface area (Å²) in [6.45, 7) is 1.97. The molecule has 1 saturated heterocycles. The van der Waals surface area contributed by atoms with Gasteiger partial charge in [0.2, 0.25) is 5.91 Å². The van der Waals surface area contributed by atoms with Crippen LogP contribution in [-0.2, 0) is 9.53 Å². The summed E-state index contributed by atoms with van der Waals surface area (Å²) in [5.74, 6) is -1.40. The third-order valence-corrected chi connectivity index (χ3v) is 4.88. The Hall–Kier alpha value is -1.53. The Labute approximate surface area is 140 Å². The number of rotatable bonds is 6. The monoisotopic (exact) mass is 339 g/mol. The van der Waals surface area contributed by atoms with Crippen molar-refractivity contribution >= 4 is 5.91 Å². The van der Waals surface area contributed by atoms with Crippen LogP contribution >= 0.6 is 0 Å². The summed E-state index contributed by atoms with van der Waals surface area (Å²) in [4.78, 5) is 14.4. The Balaban J connectivity index is 1.48. The summed E-state index contributed by atoms with van der Waals surface area (Å²) in [5, 5.41) is 8.75. The number of hydrogen-bond donors (Lipinski definition) is 1. The normalized spacial score (nSPS) is 24.2. The van der Waals surface area contributed by atoms with Crippen LogP contribution < -0.4 is 0 Å². The second-order valence-electron chi connectivity index (χ2n) is 6.59. The van der Waals surface area contributed by atoms with Crippen LogP contribution in [-0.4, -0.2) is 48.3 Å². The fourth-order valence-corrected chi connectivity index (χ4v) is 3.41. The van der Waals surface area contributed by atoms with Crippen LogP contribution in [0.2, 0.25) is 0 Å². The zero-order chi connectivity index (χ0) is 17.1. The number of halogens is 2. The SMILES string of the molecule is O=C(C1CC1c1ccc(F)cc1F)N1CCC(OCCCO)CC1. The Morgan fingerprint density at radius 1 is 1.29 bits per heavy atom. The van der Waals surface area contributed by atoms with E-state index in [-0.39, 0.29) is 30.5 Å². The molecule has 1 aliphatic heterocycles. The molecule has 1 N–H and O–H groups in total. The van der Waals surface area contributed by atoms with Crippen molar-refractivity contribution in [1.82, 2.24) is 4.90 Å². The van der Waals surface area contributed by atoms with Crippen LogP contribution in [0.4, 0.5) is 8.78 Å². The van der Waals surface area contributed by atoms with E-state index >= 15 is 0 Å². The molecule has 3 rings (SSSR count). The zero-order valence-corrected chi connectivity index (χ0v) is 13.6. The molecule has 2 fully saturated rings. The summed E-state index contributed by atoms with van der Waals surface area (Å²) >= 11 is 0. The summed E-state index contributed by atoms with van der Waals surface area (Å²) in [5.41, 5.74) is 0.442. The second-order valence-corrected chi connectivity index (χ2v) is 6.59. The third-order valence-electron chi connectivity index (χ3n) is 4.88. The molecule has 6 heteroatoms. The molecule has 4 nitrogen and oxygen atoms in total. The Bertz CT molecular complexity index is 588. The van der Waals surface area contributed by atoms with Gasteiger partial charge in [0.25, 0.3) is 0 Å². The van der Waals surface area contributed by atoms with Gasteiger partial charge in [0.15, 0.2) is 0 Å². The summed E-state index contributed by atoms with van der Waals surface area (Å²) < 4.78 is 32.5. The van der Waals surface area contributed by atoms with Crippen LogP contribution in [0.1, 0.15) is 37.2 Å². The van der Waals surface area contributed by atoms with Crippen molar-refractivity contribution in [3.8, 4) is 0 Å². The number of hydrogen-bond acceptors (Lipinski definition) is 3. The summed E-state index contributed by atoms with van der Waals surface area (Å²) in [6.07, 6.45) is 2.99. The number of nitrogens with zero attached hydrogens (tertiary/aromatic N) is 1. The molecule has 132 valence electrons. The van der Waals surface area contributed by atoms with E-state index in [2.05, 4.69) is 0 Å². The van der Waals surface area contributed by atoms with E-state index in [1.807, 2.05) is 4.90 Å². The molecule has 0 spiro atoms. The first kappa shape index (κ1) is 17.3. The van der Waals surface area contributed by atoms with E-state index in [0.717, 1.165) is 18.9 Å². The molecule has 24 heavy (non-hydrogen) atoms. The van der Waals surface area contributed by atoms with Crippen LogP contribution in [0.5, 0.6) is 0 Å². The lowest BCUT2D eigenvalue weighted by Crippen LogP contribution is -2.41. The van der Waals surface area contributed by atoms with E-state index in [1.165, 1.54) is 12.1 Å². The van der Waals surface area contributed by atoms with Crippen molar-refractivity contribution in [2.75, 3.05) is 26.3 Å². The van der Waals surface area contributed by atoms with Gasteiger partial charge in [0.1, 0.15) is 11.6 Å². The first-order valence-corrected chi connectivity index (χ1v) is 8.56. The number of benzene rings is 1. The number of piperidine rings is 1. The lowest BCUT2D eigenvalue weighted by molar-refractivity contribution is -0.135. The highest BCUT2D eigenvalue weighted by atomic mass is 19.1. The number of likely N-dealkylation sites (tertiary alicyclic amines) is 1.